The molecule has 3 aromatic heterocycles. The van der Waals surface area contributed by atoms with Crippen molar-refractivity contribution in [1.29, 1.82) is 0 Å². The molecule has 0 fully saturated rings. The summed E-state index contributed by atoms with van der Waals surface area (Å²) in [5.41, 5.74) is 12.9. The van der Waals surface area contributed by atoms with E-state index >= 15 is 0 Å². The van der Waals surface area contributed by atoms with Crippen LogP contribution in [0.2, 0.25) is 0 Å². The number of fused-ring (bicyclic) bond motifs is 9. The van der Waals surface area contributed by atoms with Gasteiger partial charge in [-0.05, 0) is 92.3 Å². The molecular formula is C60H38N4. The SMILES string of the molecule is c1ccc(-c2ccc3c4ccccc4n(-c4cc(-c5nc(-c6ccccc6)cc(-n6c7ccccc7c7ccccc76)n5)cc(-c5cc6ccccc6c6ccccc56)c4)c3c2)cc1. The van der Waals surface area contributed by atoms with Gasteiger partial charge in [-0.15, -0.1) is 0 Å². The molecule has 0 N–H and O–H groups in total. The molecule has 13 rings (SSSR count). The highest BCUT2D eigenvalue weighted by molar-refractivity contribution is 6.15. The van der Waals surface area contributed by atoms with Crippen molar-refractivity contribution in [3.05, 3.63) is 231 Å². The standard InChI is InChI=1S/C60H38N4/c1-3-17-39(18-4-1)41-31-32-52-51-27-11-14-28-55(51)63(58(52)37-41)45-34-43(53-36-42-21-7-8-22-46(42)47-23-9-10-24-48(47)53)33-44(35-45)60-61-54(40-19-5-2-6-20-40)38-59(62-60)64-56-29-15-12-25-49(56)50-26-13-16-30-57(50)64/h1-38H. The van der Waals surface area contributed by atoms with Crippen LogP contribution in [0.15, 0.2) is 231 Å². The van der Waals surface area contributed by atoms with Crippen LogP contribution in [-0.2, 0) is 0 Å². The Kier molecular flexibility index (Phi) is 8.18. The van der Waals surface area contributed by atoms with Gasteiger partial charge in [0.25, 0.3) is 0 Å². The molecule has 0 aliphatic heterocycles. The number of hydrogen-bond acceptors (Lipinski definition) is 2. The maximum atomic E-state index is 5.56. The van der Waals surface area contributed by atoms with Crippen molar-refractivity contribution < 1.29 is 0 Å². The summed E-state index contributed by atoms with van der Waals surface area (Å²) in [7, 11) is 0. The summed E-state index contributed by atoms with van der Waals surface area (Å²) >= 11 is 0. The Balaban J connectivity index is 1.14. The minimum Gasteiger partial charge on any atom is -0.309 e. The fourth-order valence-corrected chi connectivity index (χ4v) is 9.98. The zero-order valence-corrected chi connectivity index (χ0v) is 34.7. The Morgan fingerprint density at radius 2 is 0.812 bits per heavy atom. The van der Waals surface area contributed by atoms with Crippen LogP contribution in [0, 0.1) is 0 Å². The van der Waals surface area contributed by atoms with Crippen molar-refractivity contribution in [3.8, 4) is 56.4 Å². The lowest BCUT2D eigenvalue weighted by Crippen LogP contribution is -2.03. The molecule has 0 aliphatic rings. The summed E-state index contributed by atoms with van der Waals surface area (Å²) in [5, 5.41) is 9.64. The summed E-state index contributed by atoms with van der Waals surface area (Å²) < 4.78 is 4.73. The summed E-state index contributed by atoms with van der Waals surface area (Å²) in [6.07, 6.45) is 0. The maximum absolute atomic E-state index is 5.56. The lowest BCUT2D eigenvalue weighted by Gasteiger charge is -2.17. The van der Waals surface area contributed by atoms with Crippen LogP contribution in [0.3, 0.4) is 0 Å². The Labute approximate surface area is 369 Å². The average molecular weight is 815 g/mol. The fourth-order valence-electron chi connectivity index (χ4n) is 9.98. The molecule has 10 aromatic carbocycles. The van der Waals surface area contributed by atoms with Crippen molar-refractivity contribution in [1.82, 2.24) is 19.1 Å². The van der Waals surface area contributed by atoms with Gasteiger partial charge in [0.2, 0.25) is 0 Å². The van der Waals surface area contributed by atoms with Crippen LogP contribution >= 0.6 is 0 Å². The van der Waals surface area contributed by atoms with E-state index in [1.54, 1.807) is 0 Å². The van der Waals surface area contributed by atoms with Gasteiger partial charge in [0.15, 0.2) is 5.82 Å². The van der Waals surface area contributed by atoms with Crippen LogP contribution < -0.4 is 0 Å². The second kappa shape index (κ2) is 14.5. The zero-order chi connectivity index (χ0) is 42.1. The second-order valence-electron chi connectivity index (χ2n) is 16.6. The molecule has 64 heavy (non-hydrogen) atoms. The van der Waals surface area contributed by atoms with Crippen molar-refractivity contribution in [2.75, 3.05) is 0 Å². The van der Waals surface area contributed by atoms with E-state index in [0.29, 0.717) is 5.82 Å². The maximum Gasteiger partial charge on any atom is 0.162 e. The van der Waals surface area contributed by atoms with Gasteiger partial charge in [0.05, 0.1) is 27.8 Å². The van der Waals surface area contributed by atoms with E-state index < -0.39 is 0 Å². The van der Waals surface area contributed by atoms with Gasteiger partial charge < -0.3 is 4.57 Å². The topological polar surface area (TPSA) is 35.6 Å². The molecule has 4 heteroatoms. The molecule has 298 valence electrons. The molecule has 3 heterocycles. The van der Waals surface area contributed by atoms with Gasteiger partial charge in [0, 0.05) is 44.4 Å². The van der Waals surface area contributed by atoms with Crippen LogP contribution in [-0.4, -0.2) is 19.1 Å². The predicted molar refractivity (Wildman–Crippen MR) is 267 cm³/mol. The highest BCUT2D eigenvalue weighted by Crippen LogP contribution is 2.41. The van der Waals surface area contributed by atoms with E-state index in [9.17, 15) is 0 Å². The van der Waals surface area contributed by atoms with Gasteiger partial charge in [0.1, 0.15) is 5.82 Å². The van der Waals surface area contributed by atoms with Gasteiger partial charge in [-0.1, -0.05) is 176 Å². The molecule has 13 aromatic rings. The van der Waals surface area contributed by atoms with Gasteiger partial charge in [-0.25, -0.2) is 9.97 Å². The van der Waals surface area contributed by atoms with E-state index in [1.807, 2.05) is 0 Å². The van der Waals surface area contributed by atoms with E-state index in [4.69, 9.17) is 9.97 Å². The number of para-hydroxylation sites is 3. The fraction of sp³-hybridized carbons (Fsp3) is 0. The quantitative estimate of drug-likeness (QED) is 0.157. The molecule has 0 amide bonds. The van der Waals surface area contributed by atoms with E-state index in [2.05, 4.69) is 240 Å². The highest BCUT2D eigenvalue weighted by Gasteiger charge is 2.20. The number of benzene rings is 10. The van der Waals surface area contributed by atoms with Gasteiger partial charge >= 0.3 is 0 Å². The smallest absolute Gasteiger partial charge is 0.162 e. The number of nitrogens with zero attached hydrogens (tertiary/aromatic N) is 4. The lowest BCUT2D eigenvalue weighted by atomic mass is 9.92. The minimum atomic E-state index is 0.650. The summed E-state index contributed by atoms with van der Waals surface area (Å²) in [4.78, 5) is 11.0. The Morgan fingerprint density at radius 1 is 0.281 bits per heavy atom. The molecule has 0 saturated heterocycles. The third kappa shape index (κ3) is 5.77. The predicted octanol–water partition coefficient (Wildman–Crippen LogP) is 15.6. The number of rotatable bonds is 6. The zero-order valence-electron chi connectivity index (χ0n) is 34.7. The van der Waals surface area contributed by atoms with E-state index in [0.717, 1.165) is 61.5 Å². The Bertz CT molecular complexity index is 3900. The molecule has 0 spiro atoms. The first kappa shape index (κ1) is 36.1. The minimum absolute atomic E-state index is 0.650. The van der Waals surface area contributed by atoms with Crippen molar-refractivity contribution in [3.63, 3.8) is 0 Å². The molecule has 0 atom stereocenters. The molecule has 4 nitrogen and oxygen atoms in total. The number of hydrogen-bond donors (Lipinski definition) is 0. The van der Waals surface area contributed by atoms with Gasteiger partial charge in [-0.2, -0.15) is 0 Å². The Morgan fingerprint density at radius 3 is 1.50 bits per heavy atom. The first-order chi connectivity index (χ1) is 31.7. The van der Waals surface area contributed by atoms with Crippen molar-refractivity contribution >= 4 is 65.2 Å². The second-order valence-corrected chi connectivity index (χ2v) is 16.6. The van der Waals surface area contributed by atoms with E-state index in [1.165, 1.54) is 54.2 Å². The van der Waals surface area contributed by atoms with Crippen molar-refractivity contribution in [2.45, 2.75) is 0 Å². The molecule has 0 bridgehead atoms. The third-order valence-electron chi connectivity index (χ3n) is 12.9. The molecule has 0 unspecified atom stereocenters. The van der Waals surface area contributed by atoms with Crippen molar-refractivity contribution in [2.24, 2.45) is 0 Å². The first-order valence-corrected chi connectivity index (χ1v) is 21.8. The summed E-state index contributed by atoms with van der Waals surface area (Å²) in [5.74, 6) is 1.46. The molecule has 0 aliphatic carbocycles. The van der Waals surface area contributed by atoms with E-state index in [-0.39, 0.29) is 0 Å². The largest absolute Gasteiger partial charge is 0.309 e. The van der Waals surface area contributed by atoms with Gasteiger partial charge in [-0.3, -0.25) is 4.57 Å². The first-order valence-electron chi connectivity index (χ1n) is 21.8. The molecule has 0 saturated carbocycles. The lowest BCUT2D eigenvalue weighted by molar-refractivity contribution is 1.05. The normalized spacial score (nSPS) is 11.8. The number of aromatic nitrogens is 4. The van der Waals surface area contributed by atoms with Crippen LogP contribution in [0.4, 0.5) is 0 Å². The molecular weight excluding hydrogens is 777 g/mol. The summed E-state index contributed by atoms with van der Waals surface area (Å²) in [6, 6.07) is 82.9. The summed E-state index contributed by atoms with van der Waals surface area (Å²) in [6.45, 7) is 0. The highest BCUT2D eigenvalue weighted by atomic mass is 15.1. The van der Waals surface area contributed by atoms with Crippen LogP contribution in [0.25, 0.3) is 122 Å². The Hall–Kier alpha value is -8.60. The van der Waals surface area contributed by atoms with Crippen LogP contribution in [0.5, 0.6) is 0 Å². The monoisotopic (exact) mass is 814 g/mol. The average Bonchev–Trinajstić information content (AvgIpc) is 3.89. The third-order valence-corrected chi connectivity index (χ3v) is 12.9. The molecule has 0 radical (unpaired) electrons. The van der Waals surface area contributed by atoms with Crippen LogP contribution in [0.1, 0.15) is 0 Å².